The van der Waals surface area contributed by atoms with Crippen LogP contribution < -0.4 is 5.56 Å². The lowest BCUT2D eigenvalue weighted by atomic mass is 9.87. The Morgan fingerprint density at radius 3 is 2.87 bits per heavy atom. The highest BCUT2D eigenvalue weighted by Crippen LogP contribution is 2.27. The third-order valence-corrected chi connectivity index (χ3v) is 6.42. The van der Waals surface area contributed by atoms with Crippen LogP contribution in [0.15, 0.2) is 41.5 Å². The molecule has 0 unspecified atom stereocenters. The molecule has 30 heavy (non-hydrogen) atoms. The highest BCUT2D eigenvalue weighted by atomic mass is 16.1. The molecule has 0 saturated carbocycles. The van der Waals surface area contributed by atoms with Gasteiger partial charge in [-0.3, -0.25) is 14.2 Å². The summed E-state index contributed by atoms with van der Waals surface area (Å²) in [5, 5.41) is 1.40. The number of pyridine rings is 1. The van der Waals surface area contributed by atoms with E-state index in [1.54, 1.807) is 0 Å². The number of para-hydroxylation sites is 1. The molecule has 0 saturated heterocycles. The van der Waals surface area contributed by atoms with Gasteiger partial charge in [-0.05, 0) is 49.8 Å². The van der Waals surface area contributed by atoms with Gasteiger partial charge in [-0.2, -0.15) is 0 Å². The van der Waals surface area contributed by atoms with Crippen LogP contribution in [0.5, 0.6) is 0 Å². The van der Waals surface area contributed by atoms with E-state index in [-0.39, 0.29) is 17.9 Å². The van der Waals surface area contributed by atoms with Crippen molar-refractivity contribution in [3.05, 3.63) is 69.5 Å². The zero-order valence-corrected chi connectivity index (χ0v) is 17.5. The number of hydrogen-bond donors (Lipinski definition) is 0. The molecule has 0 bridgehead atoms. The van der Waals surface area contributed by atoms with E-state index in [0.717, 1.165) is 47.1 Å². The summed E-state index contributed by atoms with van der Waals surface area (Å²) < 4.78 is 3.42. The minimum Gasteiger partial charge on any atom is -0.347 e. The number of nitrogens with zero attached hydrogens (tertiary/aromatic N) is 4. The second kappa shape index (κ2) is 6.90. The molecule has 5 rings (SSSR count). The molecule has 6 nitrogen and oxygen atoms in total. The van der Waals surface area contributed by atoms with Crippen molar-refractivity contribution in [1.29, 1.82) is 0 Å². The molecule has 4 aromatic rings. The highest BCUT2D eigenvalue weighted by Gasteiger charge is 2.21. The zero-order valence-electron chi connectivity index (χ0n) is 17.5. The van der Waals surface area contributed by atoms with Gasteiger partial charge in [0.1, 0.15) is 6.33 Å². The number of rotatable bonds is 3. The monoisotopic (exact) mass is 400 g/mol. The van der Waals surface area contributed by atoms with Crippen LogP contribution in [0.1, 0.15) is 40.7 Å². The summed E-state index contributed by atoms with van der Waals surface area (Å²) in [4.78, 5) is 35.4. The Morgan fingerprint density at radius 1 is 1.23 bits per heavy atom. The molecule has 1 aromatic carbocycles. The lowest BCUT2D eigenvalue weighted by Crippen LogP contribution is -2.26. The number of carbonyl (C=O) groups is 1. The molecule has 0 amide bonds. The molecule has 0 fully saturated rings. The predicted molar refractivity (Wildman–Crippen MR) is 117 cm³/mol. The van der Waals surface area contributed by atoms with Gasteiger partial charge < -0.3 is 4.57 Å². The first-order valence-electron chi connectivity index (χ1n) is 10.4. The van der Waals surface area contributed by atoms with Crippen LogP contribution in [0.25, 0.3) is 21.9 Å². The predicted octanol–water partition coefficient (Wildman–Crippen LogP) is 3.60. The Bertz CT molecular complexity index is 1380. The van der Waals surface area contributed by atoms with Crippen molar-refractivity contribution in [1.82, 2.24) is 19.1 Å². The maximum Gasteiger partial charge on any atom is 0.263 e. The summed E-state index contributed by atoms with van der Waals surface area (Å²) in [5.41, 5.74) is 5.01. The van der Waals surface area contributed by atoms with Crippen LogP contribution in [-0.2, 0) is 26.4 Å². The van der Waals surface area contributed by atoms with Crippen molar-refractivity contribution in [3.8, 4) is 0 Å². The van der Waals surface area contributed by atoms with Gasteiger partial charge in [0.25, 0.3) is 5.56 Å². The van der Waals surface area contributed by atoms with Gasteiger partial charge in [0, 0.05) is 34.9 Å². The number of Topliss-reactive ketones (excluding diaryl/α,β-unsaturated/α-hetero) is 1. The van der Waals surface area contributed by atoms with E-state index < -0.39 is 0 Å². The molecule has 3 aromatic heterocycles. The fourth-order valence-electron chi connectivity index (χ4n) is 4.64. The molecule has 152 valence electrons. The van der Waals surface area contributed by atoms with Gasteiger partial charge in [0.05, 0.1) is 11.9 Å². The topological polar surface area (TPSA) is 69.8 Å². The van der Waals surface area contributed by atoms with Crippen molar-refractivity contribution in [2.24, 2.45) is 13.0 Å². The van der Waals surface area contributed by atoms with E-state index in [0.29, 0.717) is 22.5 Å². The van der Waals surface area contributed by atoms with Gasteiger partial charge in [0.15, 0.2) is 11.4 Å². The zero-order chi connectivity index (χ0) is 21.0. The van der Waals surface area contributed by atoms with Crippen molar-refractivity contribution in [3.63, 3.8) is 0 Å². The minimum absolute atomic E-state index is 0.0376. The second-order valence-corrected chi connectivity index (χ2v) is 8.45. The molecule has 0 aliphatic heterocycles. The van der Waals surface area contributed by atoms with Gasteiger partial charge in [-0.1, -0.05) is 25.1 Å². The SMILES string of the molecule is Cc1c(C(=O)Cn2cnc3nc4c(cc3c2=O)C[C@@H](C)CC4)c2ccccc2n1C. The van der Waals surface area contributed by atoms with Crippen molar-refractivity contribution in [2.75, 3.05) is 0 Å². The molecule has 0 spiro atoms. The first-order chi connectivity index (χ1) is 14.4. The van der Waals surface area contributed by atoms with Crippen LogP contribution in [0, 0.1) is 12.8 Å². The van der Waals surface area contributed by atoms with Crippen LogP contribution in [0.3, 0.4) is 0 Å². The van der Waals surface area contributed by atoms with Crippen LogP contribution in [0.4, 0.5) is 0 Å². The standard InChI is InChI=1S/C24H24N4O2/c1-14-8-9-19-16(10-14)11-18-23(26-19)25-13-28(24(18)30)12-21(29)22-15(2)27(3)20-7-5-4-6-17(20)22/h4-7,11,13-14H,8-10,12H2,1-3H3/t14-/m0/s1. The Kier molecular flexibility index (Phi) is 4.31. The fraction of sp³-hybridized carbons (Fsp3) is 0.333. The Balaban J connectivity index is 1.56. The highest BCUT2D eigenvalue weighted by molar-refractivity contribution is 6.09. The number of hydrogen-bond acceptors (Lipinski definition) is 4. The van der Waals surface area contributed by atoms with E-state index in [2.05, 4.69) is 16.9 Å². The van der Waals surface area contributed by atoms with Crippen LogP contribution >= 0.6 is 0 Å². The molecule has 3 heterocycles. The first kappa shape index (κ1) is 18.7. The second-order valence-electron chi connectivity index (χ2n) is 8.45. The normalized spacial score (nSPS) is 16.2. The maximum atomic E-state index is 13.2. The lowest BCUT2D eigenvalue weighted by molar-refractivity contribution is 0.0971. The summed E-state index contributed by atoms with van der Waals surface area (Å²) in [6.07, 6.45) is 4.42. The van der Waals surface area contributed by atoms with E-state index in [9.17, 15) is 9.59 Å². The number of carbonyl (C=O) groups excluding carboxylic acids is 1. The summed E-state index contributed by atoms with van der Waals surface area (Å²) in [6, 6.07) is 9.78. The molecular weight excluding hydrogens is 376 g/mol. The van der Waals surface area contributed by atoms with Gasteiger partial charge in [0.2, 0.25) is 0 Å². The first-order valence-corrected chi connectivity index (χ1v) is 10.4. The smallest absolute Gasteiger partial charge is 0.263 e. The van der Waals surface area contributed by atoms with E-state index in [4.69, 9.17) is 0 Å². The Labute approximate surface area is 174 Å². The van der Waals surface area contributed by atoms with E-state index >= 15 is 0 Å². The molecule has 0 N–H and O–H groups in total. The number of aromatic nitrogens is 4. The molecule has 1 atom stereocenters. The molecular formula is C24H24N4O2. The van der Waals surface area contributed by atoms with Crippen molar-refractivity contribution < 1.29 is 4.79 Å². The van der Waals surface area contributed by atoms with Gasteiger partial charge in [-0.15, -0.1) is 0 Å². The van der Waals surface area contributed by atoms with Crippen LogP contribution in [0.2, 0.25) is 0 Å². The maximum absolute atomic E-state index is 13.2. The molecule has 0 radical (unpaired) electrons. The number of aryl methyl sites for hydroxylation is 2. The third-order valence-electron chi connectivity index (χ3n) is 6.42. The van der Waals surface area contributed by atoms with E-state index in [1.807, 2.05) is 48.9 Å². The Morgan fingerprint density at radius 2 is 2.03 bits per heavy atom. The van der Waals surface area contributed by atoms with Gasteiger partial charge in [-0.25, -0.2) is 9.97 Å². The molecule has 1 aliphatic carbocycles. The summed E-state index contributed by atoms with van der Waals surface area (Å²) in [7, 11) is 1.95. The van der Waals surface area contributed by atoms with E-state index in [1.165, 1.54) is 10.9 Å². The van der Waals surface area contributed by atoms with Crippen molar-refractivity contribution in [2.45, 2.75) is 39.7 Å². The Hall–Kier alpha value is -3.28. The minimum atomic E-state index is -0.209. The fourth-order valence-corrected chi connectivity index (χ4v) is 4.64. The summed E-state index contributed by atoms with van der Waals surface area (Å²) in [6.45, 7) is 4.12. The van der Waals surface area contributed by atoms with Gasteiger partial charge >= 0.3 is 0 Å². The largest absolute Gasteiger partial charge is 0.347 e. The summed E-state index contributed by atoms with van der Waals surface area (Å²) in [5.74, 6) is 0.499. The third kappa shape index (κ3) is 2.86. The summed E-state index contributed by atoms with van der Waals surface area (Å²) >= 11 is 0. The average molecular weight is 400 g/mol. The number of ketones is 1. The quantitative estimate of drug-likeness (QED) is 0.493. The van der Waals surface area contributed by atoms with Crippen LogP contribution in [-0.4, -0.2) is 24.9 Å². The number of fused-ring (bicyclic) bond motifs is 3. The molecule has 1 aliphatic rings. The van der Waals surface area contributed by atoms with Crippen molar-refractivity contribution >= 4 is 27.7 Å². The lowest BCUT2D eigenvalue weighted by Gasteiger charge is -2.20. The average Bonchev–Trinajstić information content (AvgIpc) is 3.00. The molecule has 6 heteroatoms. The number of benzene rings is 1.